The van der Waals surface area contributed by atoms with Crippen LogP contribution in [0.1, 0.15) is 17.0 Å². The Kier molecular flexibility index (Phi) is 4.92. The first kappa shape index (κ1) is 15.6. The molecule has 0 fully saturated rings. The lowest BCUT2D eigenvalue weighted by Gasteiger charge is -2.03. The number of aryl methyl sites for hydroxylation is 1. The lowest BCUT2D eigenvalue weighted by atomic mass is 10.2. The molecule has 0 saturated heterocycles. The van der Waals surface area contributed by atoms with Gasteiger partial charge in [0.05, 0.1) is 0 Å². The normalized spacial score (nSPS) is 10.7. The van der Waals surface area contributed by atoms with E-state index in [2.05, 4.69) is 10.2 Å². The van der Waals surface area contributed by atoms with Crippen LogP contribution in [0.15, 0.2) is 58.2 Å². The van der Waals surface area contributed by atoms with E-state index in [9.17, 15) is 4.39 Å². The fourth-order valence-electron chi connectivity index (χ4n) is 1.96. The van der Waals surface area contributed by atoms with Gasteiger partial charge in [-0.05, 0) is 36.2 Å². The second-order valence-corrected chi connectivity index (χ2v) is 5.87. The van der Waals surface area contributed by atoms with E-state index in [1.165, 1.54) is 17.8 Å². The molecule has 23 heavy (non-hydrogen) atoms. The Balaban J connectivity index is 1.55. The van der Waals surface area contributed by atoms with E-state index in [1.54, 1.807) is 18.2 Å². The lowest BCUT2D eigenvalue weighted by molar-refractivity contribution is 0.252. The van der Waals surface area contributed by atoms with Gasteiger partial charge in [-0.2, -0.15) is 0 Å². The summed E-state index contributed by atoms with van der Waals surface area (Å²) in [6, 6.07) is 14.4. The largest absolute Gasteiger partial charge is 0.484 e. The van der Waals surface area contributed by atoms with Crippen LogP contribution in [0.2, 0.25) is 0 Å². The topological polar surface area (TPSA) is 48.2 Å². The molecule has 0 radical (unpaired) electrons. The minimum atomic E-state index is -0.234. The molecule has 6 heteroatoms. The summed E-state index contributed by atoms with van der Waals surface area (Å²) < 4.78 is 24.6. The van der Waals surface area contributed by atoms with Crippen LogP contribution in [0, 0.1) is 12.7 Å². The van der Waals surface area contributed by atoms with Crippen LogP contribution in [-0.2, 0) is 12.4 Å². The Morgan fingerprint density at radius 1 is 1.13 bits per heavy atom. The molecular weight excluding hydrogens is 315 g/mol. The van der Waals surface area contributed by atoms with Gasteiger partial charge in [0.25, 0.3) is 11.1 Å². The Morgan fingerprint density at radius 2 is 2.00 bits per heavy atom. The molecule has 0 bridgehead atoms. The Labute approximate surface area is 137 Å². The highest BCUT2D eigenvalue weighted by Crippen LogP contribution is 2.23. The molecule has 0 saturated carbocycles. The number of hydrogen-bond acceptors (Lipinski definition) is 5. The van der Waals surface area contributed by atoms with Gasteiger partial charge in [-0.3, -0.25) is 0 Å². The monoisotopic (exact) mass is 330 g/mol. The second-order valence-electron chi connectivity index (χ2n) is 4.95. The first-order chi connectivity index (χ1) is 11.2. The van der Waals surface area contributed by atoms with Gasteiger partial charge in [-0.1, -0.05) is 42.1 Å². The SMILES string of the molecule is Cc1cccc(OCc2nnc(SCc3ccccc3F)o2)c1. The number of thioether (sulfide) groups is 1. The predicted molar refractivity (Wildman–Crippen MR) is 85.8 cm³/mol. The number of nitrogens with zero attached hydrogens (tertiary/aromatic N) is 2. The molecule has 0 spiro atoms. The zero-order valence-corrected chi connectivity index (χ0v) is 13.3. The molecule has 1 heterocycles. The molecule has 3 rings (SSSR count). The third-order valence-corrected chi connectivity index (χ3v) is 3.98. The molecular formula is C17H15FN2O2S. The van der Waals surface area contributed by atoms with Crippen LogP contribution in [0.25, 0.3) is 0 Å². The van der Waals surface area contributed by atoms with E-state index in [-0.39, 0.29) is 12.4 Å². The summed E-state index contributed by atoms with van der Waals surface area (Å²) in [6.45, 7) is 2.20. The molecule has 0 amide bonds. The van der Waals surface area contributed by atoms with E-state index < -0.39 is 0 Å². The molecule has 3 aromatic rings. The lowest BCUT2D eigenvalue weighted by Crippen LogP contribution is -1.95. The second kappa shape index (κ2) is 7.28. The molecule has 0 aliphatic rings. The molecule has 0 N–H and O–H groups in total. The third-order valence-electron chi connectivity index (χ3n) is 3.11. The number of halogens is 1. The average Bonchev–Trinajstić information content (AvgIpc) is 3.00. The van der Waals surface area contributed by atoms with E-state index in [4.69, 9.17) is 9.15 Å². The van der Waals surface area contributed by atoms with Crippen LogP contribution in [0.5, 0.6) is 5.75 Å². The summed E-state index contributed by atoms with van der Waals surface area (Å²) >= 11 is 1.30. The quantitative estimate of drug-likeness (QED) is 0.627. The van der Waals surface area contributed by atoms with Gasteiger partial charge in [-0.25, -0.2) is 4.39 Å². The molecule has 0 aliphatic carbocycles. The van der Waals surface area contributed by atoms with Crippen molar-refractivity contribution in [2.45, 2.75) is 24.5 Å². The van der Waals surface area contributed by atoms with Gasteiger partial charge in [-0.15, -0.1) is 10.2 Å². The first-order valence-electron chi connectivity index (χ1n) is 7.09. The van der Waals surface area contributed by atoms with E-state index >= 15 is 0 Å². The van der Waals surface area contributed by atoms with Crippen molar-refractivity contribution in [1.29, 1.82) is 0 Å². The van der Waals surface area contributed by atoms with Gasteiger partial charge < -0.3 is 9.15 Å². The maximum atomic E-state index is 13.5. The van der Waals surface area contributed by atoms with Crippen LogP contribution < -0.4 is 4.74 Å². The molecule has 4 nitrogen and oxygen atoms in total. The fourth-order valence-corrected chi connectivity index (χ4v) is 2.73. The van der Waals surface area contributed by atoms with Crippen molar-refractivity contribution in [3.63, 3.8) is 0 Å². The van der Waals surface area contributed by atoms with Crippen LogP contribution in [0.4, 0.5) is 4.39 Å². The fraction of sp³-hybridized carbons (Fsp3) is 0.176. The summed E-state index contributed by atoms with van der Waals surface area (Å²) in [5, 5.41) is 8.27. The van der Waals surface area contributed by atoms with Crippen molar-refractivity contribution in [3.05, 3.63) is 71.4 Å². The first-order valence-corrected chi connectivity index (χ1v) is 8.07. The van der Waals surface area contributed by atoms with E-state index in [0.717, 1.165) is 11.3 Å². The highest BCUT2D eigenvalue weighted by atomic mass is 32.2. The number of ether oxygens (including phenoxy) is 1. The zero-order valence-electron chi connectivity index (χ0n) is 12.5. The van der Waals surface area contributed by atoms with Gasteiger partial charge in [0.1, 0.15) is 11.6 Å². The Morgan fingerprint density at radius 3 is 2.83 bits per heavy atom. The maximum absolute atomic E-state index is 13.5. The van der Waals surface area contributed by atoms with Gasteiger partial charge in [0.15, 0.2) is 6.61 Å². The predicted octanol–water partition coefficient (Wildman–Crippen LogP) is 4.39. The van der Waals surface area contributed by atoms with Gasteiger partial charge in [0.2, 0.25) is 0 Å². The van der Waals surface area contributed by atoms with Gasteiger partial charge >= 0.3 is 0 Å². The third kappa shape index (κ3) is 4.32. The van der Waals surface area contributed by atoms with E-state index in [1.807, 2.05) is 31.2 Å². The molecule has 0 unspecified atom stereocenters. The van der Waals surface area contributed by atoms with Crippen molar-refractivity contribution in [2.24, 2.45) is 0 Å². The average molecular weight is 330 g/mol. The number of aromatic nitrogens is 2. The molecule has 2 aromatic carbocycles. The number of benzene rings is 2. The van der Waals surface area contributed by atoms with Gasteiger partial charge in [0, 0.05) is 5.75 Å². The van der Waals surface area contributed by atoms with Crippen molar-refractivity contribution >= 4 is 11.8 Å². The molecule has 118 valence electrons. The van der Waals surface area contributed by atoms with Crippen LogP contribution >= 0.6 is 11.8 Å². The van der Waals surface area contributed by atoms with Crippen LogP contribution in [0.3, 0.4) is 0 Å². The standard InChI is InChI=1S/C17H15FN2O2S/c1-12-5-4-7-14(9-12)21-10-16-19-20-17(22-16)23-11-13-6-2-3-8-15(13)18/h2-9H,10-11H2,1H3. The minimum absolute atomic E-state index is 0.205. The number of hydrogen-bond donors (Lipinski definition) is 0. The highest BCUT2D eigenvalue weighted by molar-refractivity contribution is 7.98. The Hall–Kier alpha value is -2.34. The Bertz CT molecular complexity index is 792. The van der Waals surface area contributed by atoms with Crippen molar-refractivity contribution in [3.8, 4) is 5.75 Å². The summed E-state index contributed by atoms with van der Waals surface area (Å²) in [5.74, 6) is 1.35. The molecule has 0 aliphatic heterocycles. The van der Waals surface area contributed by atoms with E-state index in [0.29, 0.717) is 22.4 Å². The number of rotatable bonds is 6. The summed E-state index contributed by atoms with van der Waals surface area (Å²) in [6.07, 6.45) is 0. The summed E-state index contributed by atoms with van der Waals surface area (Å²) in [7, 11) is 0. The zero-order chi connectivity index (χ0) is 16.1. The summed E-state index contributed by atoms with van der Waals surface area (Å²) in [4.78, 5) is 0. The van der Waals surface area contributed by atoms with Crippen molar-refractivity contribution in [1.82, 2.24) is 10.2 Å². The van der Waals surface area contributed by atoms with Crippen LogP contribution in [-0.4, -0.2) is 10.2 Å². The van der Waals surface area contributed by atoms with Crippen molar-refractivity contribution in [2.75, 3.05) is 0 Å². The maximum Gasteiger partial charge on any atom is 0.277 e. The molecule has 1 aromatic heterocycles. The highest BCUT2D eigenvalue weighted by Gasteiger charge is 2.09. The smallest absolute Gasteiger partial charge is 0.277 e. The molecule has 0 atom stereocenters. The minimum Gasteiger partial charge on any atom is -0.484 e. The summed E-state index contributed by atoms with van der Waals surface area (Å²) in [5.41, 5.74) is 1.72. The van der Waals surface area contributed by atoms with Crippen molar-refractivity contribution < 1.29 is 13.5 Å².